The van der Waals surface area contributed by atoms with Gasteiger partial charge in [0.1, 0.15) is 0 Å². The van der Waals surface area contributed by atoms with Gasteiger partial charge in [0, 0.05) is 30.3 Å². The Kier molecular flexibility index (Phi) is 3.33. The number of rotatable bonds is 2. The Hall–Kier alpha value is -1.23. The van der Waals surface area contributed by atoms with E-state index in [1.54, 1.807) is 12.3 Å². The number of nitrogens with zero attached hydrogens (tertiary/aromatic N) is 2. The molecule has 1 aromatic rings. The first-order chi connectivity index (χ1) is 7.68. The van der Waals surface area contributed by atoms with Gasteiger partial charge in [-0.3, -0.25) is 4.98 Å². The molecule has 1 unspecified atom stereocenters. The topological polar surface area (TPSA) is 53.4 Å². The van der Waals surface area contributed by atoms with Gasteiger partial charge in [0.25, 0.3) is 0 Å². The average molecular weight is 238 g/mol. The lowest BCUT2D eigenvalue weighted by Gasteiger charge is -2.32. The predicted octanol–water partition coefficient (Wildman–Crippen LogP) is 1.72. The summed E-state index contributed by atoms with van der Waals surface area (Å²) in [5, 5.41) is 9.64. The maximum Gasteiger partial charge on any atom is 0.337 e. The Bertz CT molecular complexity index is 397. The van der Waals surface area contributed by atoms with Crippen LogP contribution in [0.3, 0.4) is 0 Å². The molecule has 5 heteroatoms. The number of aromatic carboxylic acids is 1. The molecular weight excluding hydrogens is 224 g/mol. The molecule has 2 heterocycles. The van der Waals surface area contributed by atoms with Gasteiger partial charge in [-0.15, -0.1) is 0 Å². The van der Waals surface area contributed by atoms with Crippen molar-refractivity contribution in [2.45, 2.75) is 12.2 Å². The van der Waals surface area contributed by atoms with E-state index in [0.29, 0.717) is 10.8 Å². The molecule has 4 nitrogen and oxygen atoms in total. The second-order valence-corrected chi connectivity index (χ2v) is 5.37. The number of thioether (sulfide) groups is 1. The fourth-order valence-electron chi connectivity index (χ4n) is 1.86. The summed E-state index contributed by atoms with van der Waals surface area (Å²) in [5.74, 6) is 0.151. The van der Waals surface area contributed by atoms with Crippen LogP contribution in [0, 0.1) is 0 Å². The normalized spacial score (nSPS) is 20.8. The molecule has 1 saturated heterocycles. The van der Waals surface area contributed by atoms with Crippen LogP contribution in [0.1, 0.15) is 17.3 Å². The standard InChI is InChI=1S/C11H14N2O2S/c1-8-7-13(4-5-16-8)10-6-12-3-2-9(10)11(14)15/h2-3,6,8H,4-5,7H2,1H3,(H,14,15). The van der Waals surface area contributed by atoms with Crippen LogP contribution in [0.15, 0.2) is 18.5 Å². The highest BCUT2D eigenvalue weighted by Gasteiger charge is 2.21. The largest absolute Gasteiger partial charge is 0.478 e. The fourth-order valence-corrected chi connectivity index (χ4v) is 2.87. The maximum absolute atomic E-state index is 11.1. The second-order valence-electron chi connectivity index (χ2n) is 3.83. The molecule has 1 N–H and O–H groups in total. The van der Waals surface area contributed by atoms with Crippen molar-refractivity contribution < 1.29 is 9.90 Å². The number of anilines is 1. The number of hydrogen-bond acceptors (Lipinski definition) is 4. The third-order valence-corrected chi connectivity index (χ3v) is 3.75. The Labute approximate surface area is 98.7 Å². The number of hydrogen-bond donors (Lipinski definition) is 1. The van der Waals surface area contributed by atoms with Crippen molar-refractivity contribution in [3.63, 3.8) is 0 Å². The first kappa shape index (κ1) is 11.3. The zero-order valence-electron chi connectivity index (χ0n) is 9.09. The molecule has 0 radical (unpaired) electrons. The van der Waals surface area contributed by atoms with Gasteiger partial charge in [-0.2, -0.15) is 11.8 Å². The molecule has 1 fully saturated rings. The molecule has 0 amide bonds. The summed E-state index contributed by atoms with van der Waals surface area (Å²) in [6.45, 7) is 3.94. The van der Waals surface area contributed by atoms with E-state index in [1.165, 1.54) is 6.20 Å². The molecule has 0 bridgehead atoms. The molecule has 86 valence electrons. The Balaban J connectivity index is 2.28. The summed E-state index contributed by atoms with van der Waals surface area (Å²) in [4.78, 5) is 17.2. The second kappa shape index (κ2) is 4.74. The molecule has 1 aromatic heterocycles. The van der Waals surface area contributed by atoms with Gasteiger partial charge in [-0.05, 0) is 6.07 Å². The molecule has 0 spiro atoms. The minimum Gasteiger partial charge on any atom is -0.478 e. The number of carbonyl (C=O) groups is 1. The van der Waals surface area contributed by atoms with E-state index >= 15 is 0 Å². The van der Waals surface area contributed by atoms with Crippen LogP contribution in [0.2, 0.25) is 0 Å². The zero-order chi connectivity index (χ0) is 11.5. The first-order valence-electron chi connectivity index (χ1n) is 5.22. The van der Waals surface area contributed by atoms with Crippen molar-refractivity contribution in [3.8, 4) is 0 Å². The van der Waals surface area contributed by atoms with E-state index in [1.807, 2.05) is 11.8 Å². The molecule has 0 aromatic carbocycles. The Morgan fingerprint density at radius 2 is 2.50 bits per heavy atom. The molecule has 1 aliphatic rings. The minimum absolute atomic E-state index is 0.342. The number of carboxylic acid groups (broad SMARTS) is 1. The summed E-state index contributed by atoms with van der Waals surface area (Å²) in [7, 11) is 0. The van der Waals surface area contributed by atoms with Crippen molar-refractivity contribution in [1.82, 2.24) is 4.98 Å². The maximum atomic E-state index is 11.1. The van der Waals surface area contributed by atoms with Crippen LogP contribution in [-0.2, 0) is 0 Å². The van der Waals surface area contributed by atoms with Crippen LogP contribution in [-0.4, -0.2) is 40.2 Å². The highest BCUT2D eigenvalue weighted by molar-refractivity contribution is 8.00. The van der Waals surface area contributed by atoms with Gasteiger partial charge >= 0.3 is 5.97 Å². The van der Waals surface area contributed by atoms with E-state index in [0.717, 1.165) is 24.5 Å². The smallest absolute Gasteiger partial charge is 0.337 e. The summed E-state index contributed by atoms with van der Waals surface area (Å²) in [6.07, 6.45) is 3.17. The molecule has 16 heavy (non-hydrogen) atoms. The summed E-state index contributed by atoms with van der Waals surface area (Å²) in [5.41, 5.74) is 1.08. The van der Waals surface area contributed by atoms with Gasteiger partial charge < -0.3 is 10.0 Å². The van der Waals surface area contributed by atoms with Gasteiger partial charge in [0.2, 0.25) is 0 Å². The quantitative estimate of drug-likeness (QED) is 0.850. The first-order valence-corrected chi connectivity index (χ1v) is 6.27. The van der Waals surface area contributed by atoms with Crippen LogP contribution >= 0.6 is 11.8 Å². The Morgan fingerprint density at radius 1 is 1.69 bits per heavy atom. The fraction of sp³-hybridized carbons (Fsp3) is 0.455. The van der Waals surface area contributed by atoms with Gasteiger partial charge in [-0.25, -0.2) is 4.79 Å². The van der Waals surface area contributed by atoms with E-state index in [4.69, 9.17) is 5.11 Å². The molecule has 2 rings (SSSR count). The van der Waals surface area contributed by atoms with Crippen molar-refractivity contribution in [3.05, 3.63) is 24.0 Å². The number of aromatic nitrogens is 1. The predicted molar refractivity (Wildman–Crippen MR) is 65.3 cm³/mol. The van der Waals surface area contributed by atoms with Crippen LogP contribution in [0.5, 0.6) is 0 Å². The lowest BCUT2D eigenvalue weighted by molar-refractivity contribution is 0.0697. The molecule has 0 saturated carbocycles. The van der Waals surface area contributed by atoms with Crippen LogP contribution in [0.25, 0.3) is 0 Å². The van der Waals surface area contributed by atoms with Crippen LogP contribution in [0.4, 0.5) is 5.69 Å². The summed E-state index contributed by atoms with van der Waals surface area (Å²) >= 11 is 1.92. The Morgan fingerprint density at radius 3 is 3.19 bits per heavy atom. The van der Waals surface area contributed by atoms with Crippen molar-refractivity contribution in [2.75, 3.05) is 23.7 Å². The minimum atomic E-state index is -0.886. The van der Waals surface area contributed by atoms with Crippen LogP contribution < -0.4 is 4.90 Å². The summed E-state index contributed by atoms with van der Waals surface area (Å²) < 4.78 is 0. The number of carboxylic acids is 1. The van der Waals surface area contributed by atoms with Gasteiger partial charge in [-0.1, -0.05) is 6.92 Å². The average Bonchev–Trinajstić information content (AvgIpc) is 2.29. The third kappa shape index (κ3) is 2.29. The highest BCUT2D eigenvalue weighted by atomic mass is 32.2. The van der Waals surface area contributed by atoms with Gasteiger partial charge in [0.05, 0.1) is 17.4 Å². The van der Waals surface area contributed by atoms with E-state index in [-0.39, 0.29) is 0 Å². The van der Waals surface area contributed by atoms with E-state index in [9.17, 15) is 4.79 Å². The SMILES string of the molecule is CC1CN(c2cnccc2C(=O)O)CCS1. The van der Waals surface area contributed by atoms with Gasteiger partial charge in [0.15, 0.2) is 0 Å². The van der Waals surface area contributed by atoms with Crippen molar-refractivity contribution >= 4 is 23.4 Å². The molecule has 1 aliphatic heterocycles. The molecule has 0 aliphatic carbocycles. The zero-order valence-corrected chi connectivity index (χ0v) is 9.91. The van der Waals surface area contributed by atoms with Crippen molar-refractivity contribution in [2.24, 2.45) is 0 Å². The van der Waals surface area contributed by atoms with Crippen molar-refractivity contribution in [1.29, 1.82) is 0 Å². The van der Waals surface area contributed by atoms with E-state index in [2.05, 4.69) is 16.8 Å². The molecule has 1 atom stereocenters. The number of pyridine rings is 1. The monoisotopic (exact) mass is 238 g/mol. The third-order valence-electron chi connectivity index (χ3n) is 2.61. The lowest BCUT2D eigenvalue weighted by Crippen LogP contribution is -2.37. The lowest BCUT2D eigenvalue weighted by atomic mass is 10.2. The molecular formula is C11H14N2O2S. The highest BCUT2D eigenvalue weighted by Crippen LogP contribution is 2.25. The summed E-state index contributed by atoms with van der Waals surface area (Å²) in [6, 6.07) is 1.56. The van der Waals surface area contributed by atoms with E-state index < -0.39 is 5.97 Å².